The molecule has 0 radical (unpaired) electrons. The first-order chi connectivity index (χ1) is 8.18. The van der Waals surface area contributed by atoms with Crippen molar-refractivity contribution in [2.24, 2.45) is 10.2 Å². The zero-order chi connectivity index (χ0) is 14.2. The summed E-state index contributed by atoms with van der Waals surface area (Å²) in [7, 11) is 0. The van der Waals surface area contributed by atoms with Crippen LogP contribution < -0.4 is 0 Å². The van der Waals surface area contributed by atoms with Crippen LogP contribution in [0.15, 0.2) is 10.2 Å². The smallest absolute Gasteiger partial charge is 0.403 e. The van der Waals surface area contributed by atoms with Crippen LogP contribution in [0.4, 0.5) is 4.79 Å². The van der Waals surface area contributed by atoms with Gasteiger partial charge in [-0.15, -0.1) is 0 Å². The molecule has 0 aromatic rings. The molecule has 0 spiro atoms. The Bertz CT molecular complexity index is 349. The summed E-state index contributed by atoms with van der Waals surface area (Å²) in [6, 6.07) is 0. The molecule has 0 saturated heterocycles. The Morgan fingerprint density at radius 2 is 2.00 bits per heavy atom. The third-order valence-corrected chi connectivity index (χ3v) is 2.75. The Kier molecular flexibility index (Phi) is 7.26. The molecule has 102 valence electrons. The number of rotatable bonds is 6. The molecule has 0 aromatic carbocycles. The number of nitrogens with zero attached hydrogens (tertiary/aromatic N) is 3. The maximum atomic E-state index is 10.4. The van der Waals surface area contributed by atoms with Gasteiger partial charge in [0.2, 0.25) is 0 Å². The highest BCUT2D eigenvalue weighted by Crippen LogP contribution is 2.32. The standard InChI is InChI=1S/C11H18ClN3O2S/c1-10(2,3)14-15-11(4,18-8-13)6-5-7-17-9(12)16/h5-7H2,1-4H3/b15-14+. The van der Waals surface area contributed by atoms with Crippen LogP contribution in [0.5, 0.6) is 0 Å². The third-order valence-electron chi connectivity index (χ3n) is 1.83. The van der Waals surface area contributed by atoms with Gasteiger partial charge in [-0.1, -0.05) is 0 Å². The van der Waals surface area contributed by atoms with Crippen molar-refractivity contribution in [1.29, 1.82) is 5.26 Å². The molecule has 0 aliphatic carbocycles. The summed E-state index contributed by atoms with van der Waals surface area (Å²) in [6.45, 7) is 7.85. The van der Waals surface area contributed by atoms with Crippen molar-refractivity contribution < 1.29 is 9.53 Å². The zero-order valence-corrected chi connectivity index (χ0v) is 12.6. The normalized spacial score (nSPS) is 15.1. The molecular formula is C11H18ClN3O2S. The molecule has 0 rings (SSSR count). The van der Waals surface area contributed by atoms with E-state index in [0.717, 1.165) is 11.8 Å². The van der Waals surface area contributed by atoms with E-state index in [9.17, 15) is 4.79 Å². The summed E-state index contributed by atoms with van der Waals surface area (Å²) < 4.78 is 4.62. The molecule has 0 fully saturated rings. The van der Waals surface area contributed by atoms with E-state index in [2.05, 4.69) is 15.0 Å². The SMILES string of the molecule is CC(C)(C)/N=N/C(C)(CCCOC(=O)Cl)SC#N. The minimum absolute atomic E-state index is 0.217. The molecule has 0 saturated carbocycles. The maximum absolute atomic E-state index is 10.4. The van der Waals surface area contributed by atoms with Crippen LogP contribution in [0, 0.1) is 10.7 Å². The lowest BCUT2D eigenvalue weighted by atomic mass is 10.1. The Balaban J connectivity index is 4.40. The monoisotopic (exact) mass is 291 g/mol. The van der Waals surface area contributed by atoms with Crippen LogP contribution in [-0.4, -0.2) is 22.4 Å². The molecule has 0 aliphatic rings. The Morgan fingerprint density at radius 1 is 1.39 bits per heavy atom. The van der Waals surface area contributed by atoms with Gasteiger partial charge in [0.15, 0.2) is 0 Å². The number of thiocyanates is 1. The molecule has 18 heavy (non-hydrogen) atoms. The van der Waals surface area contributed by atoms with Gasteiger partial charge in [0.05, 0.1) is 12.1 Å². The van der Waals surface area contributed by atoms with Gasteiger partial charge >= 0.3 is 5.43 Å². The fourth-order valence-electron chi connectivity index (χ4n) is 1.03. The fraction of sp³-hybridized carbons (Fsp3) is 0.818. The average molecular weight is 292 g/mol. The summed E-state index contributed by atoms with van der Waals surface area (Å²) in [4.78, 5) is 9.77. The number of thioether (sulfide) groups is 1. The summed E-state index contributed by atoms with van der Waals surface area (Å²) in [6.07, 6.45) is 1.15. The highest BCUT2D eigenvalue weighted by molar-refractivity contribution is 8.04. The molecular weight excluding hydrogens is 274 g/mol. The van der Waals surface area contributed by atoms with E-state index in [1.807, 2.05) is 33.1 Å². The van der Waals surface area contributed by atoms with Crippen LogP contribution in [0.1, 0.15) is 40.5 Å². The molecule has 5 nitrogen and oxygen atoms in total. The lowest BCUT2D eigenvalue weighted by Gasteiger charge is -2.21. The van der Waals surface area contributed by atoms with Crippen molar-refractivity contribution in [3.63, 3.8) is 0 Å². The van der Waals surface area contributed by atoms with Crippen molar-refractivity contribution in [3.8, 4) is 5.40 Å². The van der Waals surface area contributed by atoms with Crippen molar-refractivity contribution in [2.75, 3.05) is 6.61 Å². The molecule has 7 heteroatoms. The van der Waals surface area contributed by atoms with Crippen LogP contribution in [0.2, 0.25) is 0 Å². The number of ether oxygens (including phenoxy) is 1. The third kappa shape index (κ3) is 9.25. The zero-order valence-electron chi connectivity index (χ0n) is 11.1. The van der Waals surface area contributed by atoms with Crippen LogP contribution >= 0.6 is 23.4 Å². The van der Waals surface area contributed by atoms with Crippen LogP contribution in [0.25, 0.3) is 0 Å². The highest BCUT2D eigenvalue weighted by Gasteiger charge is 2.25. The second kappa shape index (κ2) is 7.59. The molecule has 0 amide bonds. The number of nitriles is 1. The second-order valence-corrected chi connectivity index (χ2v) is 6.50. The minimum atomic E-state index is -0.819. The van der Waals surface area contributed by atoms with E-state index in [-0.39, 0.29) is 12.1 Å². The molecule has 0 N–H and O–H groups in total. The van der Waals surface area contributed by atoms with Crippen LogP contribution in [0.3, 0.4) is 0 Å². The summed E-state index contributed by atoms with van der Waals surface area (Å²) in [5.41, 5.74) is -1.10. The molecule has 1 unspecified atom stereocenters. The molecule has 0 aromatic heterocycles. The molecule has 0 bridgehead atoms. The van der Waals surface area contributed by atoms with Crippen molar-refractivity contribution in [2.45, 2.75) is 50.9 Å². The maximum Gasteiger partial charge on any atom is 0.403 e. The number of hydrogen-bond acceptors (Lipinski definition) is 6. The first kappa shape index (κ1) is 17.2. The number of carbonyl (C=O) groups excluding carboxylic acids is 1. The summed E-state index contributed by atoms with van der Waals surface area (Å²) in [5.74, 6) is 0. The van der Waals surface area contributed by atoms with Gasteiger partial charge in [-0.3, -0.25) is 0 Å². The van der Waals surface area contributed by atoms with Gasteiger partial charge in [-0.2, -0.15) is 15.5 Å². The first-order valence-electron chi connectivity index (χ1n) is 5.52. The van der Waals surface area contributed by atoms with Gasteiger partial charge in [0.1, 0.15) is 10.3 Å². The van der Waals surface area contributed by atoms with Gasteiger partial charge in [-0.05, 0) is 52.3 Å². The molecule has 0 heterocycles. The Hall–Kier alpha value is -0.800. The van der Waals surface area contributed by atoms with E-state index >= 15 is 0 Å². The topological polar surface area (TPSA) is 74.8 Å². The number of hydrogen-bond donors (Lipinski definition) is 0. The predicted octanol–water partition coefficient (Wildman–Crippen LogP) is 4.32. The summed E-state index contributed by atoms with van der Waals surface area (Å²) in [5, 5.41) is 19.2. The Labute approximate surface area is 117 Å². The van der Waals surface area contributed by atoms with Gasteiger partial charge < -0.3 is 4.74 Å². The quantitative estimate of drug-likeness (QED) is 0.316. The lowest BCUT2D eigenvalue weighted by molar-refractivity contribution is 0.170. The van der Waals surface area contributed by atoms with Crippen LogP contribution in [-0.2, 0) is 4.74 Å². The van der Waals surface area contributed by atoms with Gasteiger partial charge in [0.25, 0.3) is 0 Å². The van der Waals surface area contributed by atoms with E-state index in [4.69, 9.17) is 16.9 Å². The molecule has 1 atom stereocenters. The second-order valence-electron chi connectivity index (χ2n) is 4.93. The number of carbonyl (C=O) groups is 1. The van der Waals surface area contributed by atoms with Crippen molar-refractivity contribution in [3.05, 3.63) is 0 Å². The number of halogens is 1. The average Bonchev–Trinajstić information content (AvgIpc) is 2.21. The minimum Gasteiger partial charge on any atom is -0.454 e. The van der Waals surface area contributed by atoms with E-state index in [1.54, 1.807) is 0 Å². The Morgan fingerprint density at radius 3 is 2.44 bits per heavy atom. The largest absolute Gasteiger partial charge is 0.454 e. The van der Waals surface area contributed by atoms with Gasteiger partial charge in [-0.25, -0.2) is 4.79 Å². The van der Waals surface area contributed by atoms with E-state index in [1.165, 1.54) is 0 Å². The lowest BCUT2D eigenvalue weighted by Crippen LogP contribution is -2.19. The van der Waals surface area contributed by atoms with E-state index < -0.39 is 10.3 Å². The van der Waals surface area contributed by atoms with E-state index in [0.29, 0.717) is 12.8 Å². The van der Waals surface area contributed by atoms with Gasteiger partial charge in [0, 0.05) is 11.6 Å². The highest BCUT2D eigenvalue weighted by atomic mass is 35.5. The van der Waals surface area contributed by atoms with Crippen molar-refractivity contribution in [1.82, 2.24) is 0 Å². The first-order valence-corrected chi connectivity index (χ1v) is 6.71. The predicted molar refractivity (Wildman–Crippen MR) is 72.7 cm³/mol. The summed E-state index contributed by atoms with van der Waals surface area (Å²) >= 11 is 6.10. The molecule has 0 aliphatic heterocycles. The number of azo groups is 1. The fourth-order valence-corrected chi connectivity index (χ4v) is 1.63. The van der Waals surface area contributed by atoms with Crippen molar-refractivity contribution >= 4 is 28.8 Å².